The Bertz CT molecular complexity index is 508. The van der Waals surface area contributed by atoms with Gasteiger partial charge < -0.3 is 16.0 Å². The van der Waals surface area contributed by atoms with Gasteiger partial charge in [0.25, 0.3) is 0 Å². The number of nitrogens with zero attached hydrogens (tertiary/aromatic N) is 2. The predicted molar refractivity (Wildman–Crippen MR) is 102 cm³/mol. The van der Waals surface area contributed by atoms with Crippen LogP contribution >= 0.6 is 0 Å². The van der Waals surface area contributed by atoms with E-state index in [4.69, 9.17) is 10.7 Å². The first-order valence-corrected chi connectivity index (χ1v) is 9.66. The summed E-state index contributed by atoms with van der Waals surface area (Å²) in [5.41, 5.74) is 7.01. The Morgan fingerprint density at radius 1 is 1.04 bits per heavy atom. The summed E-state index contributed by atoms with van der Waals surface area (Å²) in [7, 11) is 0. The highest BCUT2D eigenvalue weighted by Gasteiger charge is 2.22. The number of benzene rings is 1. The van der Waals surface area contributed by atoms with Gasteiger partial charge in [-0.25, -0.2) is 0 Å². The molecule has 1 aliphatic carbocycles. The molecule has 2 atom stereocenters. The first-order chi connectivity index (χ1) is 11.8. The topological polar surface area (TPSA) is 53.6 Å². The van der Waals surface area contributed by atoms with Crippen LogP contribution in [0.25, 0.3) is 0 Å². The zero-order valence-electron chi connectivity index (χ0n) is 14.8. The summed E-state index contributed by atoms with van der Waals surface area (Å²) in [6.07, 6.45) is 9.06. The summed E-state index contributed by atoms with van der Waals surface area (Å²) in [4.78, 5) is 7.46. The molecule has 4 heteroatoms. The maximum Gasteiger partial charge on any atom is 0.198 e. The van der Waals surface area contributed by atoms with Gasteiger partial charge in [0, 0.05) is 25.3 Å². The van der Waals surface area contributed by atoms with Crippen LogP contribution in [-0.4, -0.2) is 37.0 Å². The highest BCUT2D eigenvalue weighted by atomic mass is 15.3. The monoisotopic (exact) mass is 328 g/mol. The molecule has 3 rings (SSSR count). The molecule has 1 aliphatic heterocycles. The lowest BCUT2D eigenvalue weighted by Crippen LogP contribution is -2.40. The molecule has 2 fully saturated rings. The van der Waals surface area contributed by atoms with Gasteiger partial charge in [0.1, 0.15) is 0 Å². The van der Waals surface area contributed by atoms with E-state index < -0.39 is 0 Å². The molecule has 2 unspecified atom stereocenters. The predicted octanol–water partition coefficient (Wildman–Crippen LogP) is 3.71. The van der Waals surface area contributed by atoms with Gasteiger partial charge in [0.2, 0.25) is 0 Å². The average Bonchev–Trinajstić information content (AvgIpc) is 2.67. The van der Waals surface area contributed by atoms with Crippen molar-refractivity contribution >= 4 is 11.6 Å². The number of rotatable bonds is 4. The van der Waals surface area contributed by atoms with Crippen LogP contribution in [0.4, 0.5) is 5.69 Å². The van der Waals surface area contributed by atoms with E-state index in [1.807, 2.05) is 0 Å². The van der Waals surface area contributed by atoms with E-state index in [-0.39, 0.29) is 0 Å². The largest absolute Gasteiger partial charge is 0.343 e. The molecule has 4 nitrogen and oxygen atoms in total. The SMILES string of the molecule is NCC1CCCC(CN=C(Nc2ccccc2)N2CCCCC2)C1. The number of nitrogens with one attached hydrogen (secondary N) is 1. The van der Waals surface area contributed by atoms with E-state index in [2.05, 4.69) is 40.5 Å². The summed E-state index contributed by atoms with van der Waals surface area (Å²) >= 11 is 0. The average molecular weight is 329 g/mol. The third-order valence-electron chi connectivity index (χ3n) is 5.41. The van der Waals surface area contributed by atoms with Crippen molar-refractivity contribution in [2.24, 2.45) is 22.6 Å². The van der Waals surface area contributed by atoms with Crippen LogP contribution in [0.15, 0.2) is 35.3 Å². The van der Waals surface area contributed by atoms with Crippen LogP contribution in [0.2, 0.25) is 0 Å². The van der Waals surface area contributed by atoms with Gasteiger partial charge in [-0.2, -0.15) is 0 Å². The molecule has 1 aromatic rings. The lowest BCUT2D eigenvalue weighted by atomic mass is 9.81. The summed E-state index contributed by atoms with van der Waals surface area (Å²) < 4.78 is 0. The molecule has 0 spiro atoms. The standard InChI is InChI=1S/C20H32N4/c21-15-17-8-7-9-18(14-17)16-22-20(24-12-5-2-6-13-24)23-19-10-3-1-4-11-19/h1,3-4,10-11,17-18H,2,5-9,12-16,21H2,(H,22,23). The summed E-state index contributed by atoms with van der Waals surface area (Å²) in [6.45, 7) is 4.01. The quantitative estimate of drug-likeness (QED) is 0.654. The number of hydrogen-bond donors (Lipinski definition) is 2. The van der Waals surface area contributed by atoms with Crippen LogP contribution in [0.3, 0.4) is 0 Å². The van der Waals surface area contributed by atoms with Crippen LogP contribution < -0.4 is 11.1 Å². The minimum Gasteiger partial charge on any atom is -0.343 e. The Morgan fingerprint density at radius 2 is 1.79 bits per heavy atom. The molecule has 3 N–H and O–H groups in total. The first kappa shape index (κ1) is 17.3. The summed E-state index contributed by atoms with van der Waals surface area (Å²) in [5, 5.41) is 3.56. The lowest BCUT2D eigenvalue weighted by Gasteiger charge is -2.31. The number of nitrogens with two attached hydrogens (primary N) is 1. The molecule has 1 saturated heterocycles. The van der Waals surface area contributed by atoms with Crippen LogP contribution in [0.1, 0.15) is 44.9 Å². The second-order valence-corrected chi connectivity index (χ2v) is 7.34. The maximum atomic E-state index is 5.88. The third-order valence-corrected chi connectivity index (χ3v) is 5.41. The number of aliphatic imine (C=N–C) groups is 1. The molecule has 1 aromatic carbocycles. The molecule has 1 heterocycles. The van der Waals surface area contributed by atoms with Crippen molar-refractivity contribution in [3.63, 3.8) is 0 Å². The van der Waals surface area contributed by atoms with Gasteiger partial charge in [-0.1, -0.05) is 24.6 Å². The molecule has 24 heavy (non-hydrogen) atoms. The first-order valence-electron chi connectivity index (χ1n) is 9.66. The Balaban J connectivity index is 1.66. The minimum absolute atomic E-state index is 0.699. The number of hydrogen-bond acceptors (Lipinski definition) is 2. The van der Waals surface area contributed by atoms with Crippen molar-refractivity contribution in [2.45, 2.75) is 44.9 Å². The van der Waals surface area contributed by atoms with E-state index in [0.29, 0.717) is 11.8 Å². The Morgan fingerprint density at radius 3 is 2.54 bits per heavy atom. The molecule has 132 valence electrons. The van der Waals surface area contributed by atoms with Gasteiger partial charge >= 0.3 is 0 Å². The fraction of sp³-hybridized carbons (Fsp3) is 0.650. The maximum absolute atomic E-state index is 5.88. The Hall–Kier alpha value is -1.55. The van der Waals surface area contributed by atoms with Crippen molar-refractivity contribution in [3.05, 3.63) is 30.3 Å². The van der Waals surface area contributed by atoms with Gasteiger partial charge in [0.05, 0.1) is 0 Å². The summed E-state index contributed by atoms with van der Waals surface area (Å²) in [6, 6.07) is 10.4. The van der Waals surface area contributed by atoms with Crippen molar-refractivity contribution in [1.29, 1.82) is 0 Å². The van der Waals surface area contributed by atoms with Crippen LogP contribution in [-0.2, 0) is 0 Å². The van der Waals surface area contributed by atoms with Crippen molar-refractivity contribution in [1.82, 2.24) is 4.90 Å². The van der Waals surface area contributed by atoms with Gasteiger partial charge in [-0.05, 0) is 69.0 Å². The van der Waals surface area contributed by atoms with Gasteiger partial charge in [-0.15, -0.1) is 0 Å². The number of para-hydroxylation sites is 1. The van der Waals surface area contributed by atoms with Crippen molar-refractivity contribution < 1.29 is 0 Å². The molecule has 1 saturated carbocycles. The zero-order valence-corrected chi connectivity index (χ0v) is 14.8. The zero-order chi connectivity index (χ0) is 16.6. The highest BCUT2D eigenvalue weighted by molar-refractivity contribution is 5.93. The third kappa shape index (κ3) is 4.97. The molecular weight excluding hydrogens is 296 g/mol. The molecule has 0 radical (unpaired) electrons. The van der Waals surface area contributed by atoms with E-state index in [0.717, 1.165) is 37.8 Å². The fourth-order valence-electron chi connectivity index (χ4n) is 3.97. The normalized spacial score (nSPS) is 25.5. The number of likely N-dealkylation sites (tertiary alicyclic amines) is 1. The van der Waals surface area contributed by atoms with E-state index in [1.54, 1.807) is 0 Å². The summed E-state index contributed by atoms with van der Waals surface area (Å²) in [5.74, 6) is 2.47. The fourth-order valence-corrected chi connectivity index (χ4v) is 3.97. The number of anilines is 1. The minimum atomic E-state index is 0.699. The van der Waals surface area contributed by atoms with Gasteiger partial charge in [0.15, 0.2) is 5.96 Å². The van der Waals surface area contributed by atoms with Crippen LogP contribution in [0, 0.1) is 11.8 Å². The van der Waals surface area contributed by atoms with Crippen molar-refractivity contribution in [2.75, 3.05) is 31.5 Å². The number of piperidine rings is 1. The van der Waals surface area contributed by atoms with Gasteiger partial charge in [-0.3, -0.25) is 4.99 Å². The second-order valence-electron chi connectivity index (χ2n) is 7.34. The molecule has 2 aliphatic rings. The Labute approximate surface area is 146 Å². The van der Waals surface area contributed by atoms with E-state index in [9.17, 15) is 0 Å². The smallest absolute Gasteiger partial charge is 0.198 e. The molecule has 0 bridgehead atoms. The molecular formula is C20H32N4. The van der Waals surface area contributed by atoms with Crippen LogP contribution in [0.5, 0.6) is 0 Å². The van der Waals surface area contributed by atoms with Crippen molar-refractivity contribution in [3.8, 4) is 0 Å². The number of guanidine groups is 1. The lowest BCUT2D eigenvalue weighted by molar-refractivity contribution is 0.276. The van der Waals surface area contributed by atoms with E-state index in [1.165, 1.54) is 44.9 Å². The van der Waals surface area contributed by atoms with E-state index >= 15 is 0 Å². The Kier molecular flexibility index (Phi) is 6.53. The second kappa shape index (κ2) is 9.07. The highest BCUT2D eigenvalue weighted by Crippen LogP contribution is 2.28. The molecule has 0 aromatic heterocycles. The molecule has 0 amide bonds.